The number of halogens is 1. The van der Waals surface area contributed by atoms with E-state index in [-0.39, 0.29) is 0 Å². The van der Waals surface area contributed by atoms with Gasteiger partial charge in [-0.2, -0.15) is 0 Å². The summed E-state index contributed by atoms with van der Waals surface area (Å²) in [4.78, 5) is 4.40. The van der Waals surface area contributed by atoms with Crippen molar-refractivity contribution in [1.29, 1.82) is 0 Å². The number of rotatable bonds is 12. The normalized spacial score (nSPS) is 13.0. The van der Waals surface area contributed by atoms with Crippen LogP contribution in [0.3, 0.4) is 0 Å². The Morgan fingerprint density at radius 3 is 1.40 bits per heavy atom. The van der Waals surface area contributed by atoms with E-state index in [9.17, 15) is 0 Å². The molecule has 6 heteroatoms. The minimum absolute atomic E-state index is 0.460. The summed E-state index contributed by atoms with van der Waals surface area (Å²) in [6, 6.07) is 20.7. The van der Waals surface area contributed by atoms with E-state index in [4.69, 9.17) is 24.4 Å². The van der Waals surface area contributed by atoms with E-state index in [1.165, 1.54) is 33.6 Å². The first-order chi connectivity index (χ1) is 20.5. The van der Waals surface area contributed by atoms with Gasteiger partial charge in [0.1, 0.15) is 5.75 Å². The summed E-state index contributed by atoms with van der Waals surface area (Å²) in [5.74, 6) is 2.68. The molecule has 4 rings (SSSR count). The van der Waals surface area contributed by atoms with Gasteiger partial charge in [0.2, 0.25) is 6.67 Å². The number of unbranched alkanes of at least 4 members (excludes halogenated alkanes) is 1. The van der Waals surface area contributed by atoms with Crippen LogP contribution >= 0.6 is 11.6 Å². The lowest BCUT2D eigenvalue weighted by Gasteiger charge is -2.29. The molecule has 3 aromatic rings. The fourth-order valence-electron chi connectivity index (χ4n) is 5.15. The van der Waals surface area contributed by atoms with E-state index in [0.29, 0.717) is 41.9 Å². The van der Waals surface area contributed by atoms with Crippen LogP contribution in [0.1, 0.15) is 114 Å². The molecule has 4 nitrogen and oxygen atoms in total. The molecule has 1 aliphatic rings. The number of hydrogen-bond acceptors (Lipinski definition) is 4. The van der Waals surface area contributed by atoms with Gasteiger partial charge in [-0.25, -0.2) is 0 Å². The third-order valence-corrected chi connectivity index (χ3v) is 7.74. The predicted molar refractivity (Wildman–Crippen MR) is 184 cm³/mol. The topological polar surface area (TPSA) is 24.9 Å². The Kier molecular flexibility index (Phi) is 13.5. The zero-order valence-corrected chi connectivity index (χ0v) is 28.0. The zero-order valence-electron chi connectivity index (χ0n) is 27.2. The molecular formula is C37H48BClN2O2. The third kappa shape index (κ3) is 9.55. The minimum Gasteiger partial charge on any atom is -0.494 e. The molecule has 0 bridgehead atoms. The monoisotopic (exact) mass is 598 g/mol. The van der Waals surface area contributed by atoms with E-state index in [2.05, 4.69) is 125 Å². The smallest absolute Gasteiger partial charge is 0.282 e. The van der Waals surface area contributed by atoms with Gasteiger partial charge in [-0.1, -0.05) is 103 Å². The van der Waals surface area contributed by atoms with Crippen molar-refractivity contribution in [2.45, 2.75) is 91.9 Å². The largest absolute Gasteiger partial charge is 0.494 e. The Bertz CT molecular complexity index is 1180. The maximum Gasteiger partial charge on any atom is 0.282 e. The van der Waals surface area contributed by atoms with Crippen LogP contribution in [-0.4, -0.2) is 21.3 Å². The van der Waals surface area contributed by atoms with Gasteiger partial charge >= 0.3 is 0 Å². The van der Waals surface area contributed by atoms with Crippen LogP contribution < -0.4 is 14.5 Å². The summed E-state index contributed by atoms with van der Waals surface area (Å²) in [5.41, 5.74) is 8.05. The summed E-state index contributed by atoms with van der Waals surface area (Å²) in [6.07, 6.45) is 6.16. The molecule has 1 heterocycles. The minimum atomic E-state index is 0.460. The Morgan fingerprint density at radius 2 is 1.02 bits per heavy atom. The van der Waals surface area contributed by atoms with Crippen molar-refractivity contribution in [2.75, 3.05) is 23.0 Å². The molecule has 0 fully saturated rings. The Labute approximate surface area is 267 Å². The van der Waals surface area contributed by atoms with Gasteiger partial charge in [0.05, 0.1) is 18.0 Å². The van der Waals surface area contributed by atoms with Crippen molar-refractivity contribution in [3.8, 4) is 5.75 Å². The Balaban J connectivity index is 0.000000303. The molecular weight excluding hydrogens is 551 g/mol. The number of ether oxygens (including phenoxy) is 1. The molecule has 0 atom stereocenters. The summed E-state index contributed by atoms with van der Waals surface area (Å²) >= 11 is 5.73. The van der Waals surface area contributed by atoms with Crippen LogP contribution in [0.4, 0.5) is 11.4 Å². The SMILES string of the molecule is CC(C)c1cccc(C(C)C)c1N1[C]N(c2c(C(C)C)cccc2C(C)C)C=C1.[B]OCCCCOc1ccc(Cl)cc1. The molecule has 0 amide bonds. The quantitative estimate of drug-likeness (QED) is 0.153. The standard InChI is InChI=1S/C27H36N2.C10H12BClO2/c1-18(2)22-11-9-12-23(19(3)4)26(22)28-15-16-29(17-28)27-24(20(5)6)13-10-14-25(27)21(7)8;11-14-8-2-1-7-13-10-5-3-9(12)4-6-10/h9-16,18-21H,1-8H3;3-6H,1-2,7-8H2. The van der Waals surface area contributed by atoms with Crippen molar-refractivity contribution in [3.05, 3.63) is 107 Å². The lowest BCUT2D eigenvalue weighted by molar-refractivity contribution is 0.277. The first-order valence-corrected chi connectivity index (χ1v) is 15.9. The highest BCUT2D eigenvalue weighted by Gasteiger charge is 2.27. The van der Waals surface area contributed by atoms with Crippen LogP contribution in [-0.2, 0) is 4.65 Å². The lowest BCUT2D eigenvalue weighted by Crippen LogP contribution is -2.23. The third-order valence-electron chi connectivity index (χ3n) is 7.49. The van der Waals surface area contributed by atoms with Gasteiger partial charge < -0.3 is 19.2 Å². The van der Waals surface area contributed by atoms with Gasteiger partial charge in [0.25, 0.3) is 8.05 Å². The lowest BCUT2D eigenvalue weighted by atomic mass is 9.91. The fourth-order valence-corrected chi connectivity index (χ4v) is 5.28. The van der Waals surface area contributed by atoms with Gasteiger partial charge in [0.15, 0.2) is 0 Å². The zero-order chi connectivity index (χ0) is 31.5. The molecule has 43 heavy (non-hydrogen) atoms. The van der Waals surface area contributed by atoms with Gasteiger partial charge in [-0.15, -0.1) is 0 Å². The van der Waals surface area contributed by atoms with Crippen LogP contribution in [0.5, 0.6) is 5.75 Å². The Morgan fingerprint density at radius 1 is 0.628 bits per heavy atom. The van der Waals surface area contributed by atoms with E-state index in [1.54, 1.807) is 12.1 Å². The maximum absolute atomic E-state index is 5.73. The molecule has 0 saturated heterocycles. The first-order valence-electron chi connectivity index (χ1n) is 15.5. The summed E-state index contributed by atoms with van der Waals surface area (Å²) in [6.45, 7) is 23.1. The summed E-state index contributed by atoms with van der Waals surface area (Å²) < 4.78 is 9.89. The Hall–Kier alpha value is -2.89. The number of nitrogens with zero attached hydrogens (tertiary/aromatic N) is 2. The number of para-hydroxylation sites is 2. The molecule has 0 unspecified atom stereocenters. The average Bonchev–Trinajstić information content (AvgIpc) is 3.47. The molecule has 0 aromatic heterocycles. The molecule has 3 aromatic carbocycles. The van der Waals surface area contributed by atoms with Crippen LogP contribution in [0.25, 0.3) is 0 Å². The highest BCUT2D eigenvalue weighted by atomic mass is 35.5. The van der Waals surface area contributed by atoms with Crippen molar-refractivity contribution >= 4 is 31.0 Å². The van der Waals surface area contributed by atoms with Crippen LogP contribution in [0, 0.1) is 6.67 Å². The molecule has 4 radical (unpaired) electrons. The number of hydrogen-bond donors (Lipinski definition) is 0. The van der Waals surface area contributed by atoms with Gasteiger partial charge in [0, 0.05) is 24.0 Å². The second kappa shape index (κ2) is 16.8. The molecule has 0 spiro atoms. The molecule has 0 aliphatic carbocycles. The molecule has 228 valence electrons. The fraction of sp³-hybridized carbons (Fsp3) is 0.432. The van der Waals surface area contributed by atoms with E-state index in [1.807, 2.05) is 12.1 Å². The van der Waals surface area contributed by atoms with Crippen LogP contribution in [0.15, 0.2) is 73.1 Å². The highest BCUT2D eigenvalue weighted by Crippen LogP contribution is 2.42. The van der Waals surface area contributed by atoms with Crippen LogP contribution in [0.2, 0.25) is 5.02 Å². The second-order valence-electron chi connectivity index (χ2n) is 12.2. The van der Waals surface area contributed by atoms with E-state index >= 15 is 0 Å². The second-order valence-corrected chi connectivity index (χ2v) is 12.6. The highest BCUT2D eigenvalue weighted by molar-refractivity contribution is 6.30. The van der Waals surface area contributed by atoms with Crippen molar-refractivity contribution in [3.63, 3.8) is 0 Å². The van der Waals surface area contributed by atoms with Crippen molar-refractivity contribution in [1.82, 2.24) is 0 Å². The molecule has 1 aliphatic heterocycles. The van der Waals surface area contributed by atoms with Gasteiger partial charge in [-0.05, 0) is 83.0 Å². The predicted octanol–water partition coefficient (Wildman–Crippen LogP) is 10.6. The van der Waals surface area contributed by atoms with Crippen molar-refractivity contribution < 1.29 is 9.39 Å². The van der Waals surface area contributed by atoms with E-state index < -0.39 is 0 Å². The summed E-state index contributed by atoms with van der Waals surface area (Å²) in [5, 5.41) is 0.717. The summed E-state index contributed by atoms with van der Waals surface area (Å²) in [7, 11) is 4.88. The van der Waals surface area contributed by atoms with E-state index in [0.717, 1.165) is 18.6 Å². The molecule has 0 N–H and O–H groups in total. The number of anilines is 2. The maximum atomic E-state index is 5.73. The first kappa shape index (κ1) is 34.6. The van der Waals surface area contributed by atoms with Gasteiger partial charge in [-0.3, -0.25) is 0 Å². The average molecular weight is 599 g/mol. The molecule has 0 saturated carbocycles. The van der Waals surface area contributed by atoms with Crippen molar-refractivity contribution in [2.24, 2.45) is 0 Å². The number of benzene rings is 3.